The highest BCUT2D eigenvalue weighted by Crippen LogP contribution is 2.25. The van der Waals surface area contributed by atoms with Crippen molar-refractivity contribution in [1.29, 1.82) is 0 Å². The summed E-state index contributed by atoms with van der Waals surface area (Å²) in [5, 5.41) is 18.5. The van der Waals surface area contributed by atoms with E-state index in [1.165, 1.54) is 18.2 Å². The monoisotopic (exact) mass is 234 g/mol. The van der Waals surface area contributed by atoms with Gasteiger partial charge in [0.05, 0.1) is 0 Å². The molecule has 4 heteroatoms. The van der Waals surface area contributed by atoms with Crippen molar-refractivity contribution in [2.75, 3.05) is 0 Å². The largest absolute Gasteiger partial charge is 0.505 e. The third kappa shape index (κ3) is 2.66. The average molecular weight is 234 g/mol. The van der Waals surface area contributed by atoms with Crippen LogP contribution in [0.1, 0.15) is 5.56 Å². The molecule has 0 aliphatic heterocycles. The zero-order valence-electron chi connectivity index (χ0n) is 8.93. The van der Waals surface area contributed by atoms with Crippen molar-refractivity contribution >= 4 is 0 Å². The number of halogens is 1. The maximum Gasteiger partial charge on any atom is 0.165 e. The fraction of sp³-hybridized carbons (Fsp3) is 0.0769. The van der Waals surface area contributed by atoms with Gasteiger partial charge in [-0.15, -0.1) is 0 Å². The zero-order chi connectivity index (χ0) is 12.3. The van der Waals surface area contributed by atoms with Gasteiger partial charge in [-0.3, -0.25) is 0 Å². The molecular formula is C13H11FO3. The molecule has 17 heavy (non-hydrogen) atoms. The number of para-hydroxylation sites is 2. The van der Waals surface area contributed by atoms with E-state index in [1.807, 2.05) is 0 Å². The molecule has 0 saturated heterocycles. The van der Waals surface area contributed by atoms with Crippen LogP contribution in [0.25, 0.3) is 0 Å². The standard InChI is InChI=1S/C13H11FO3/c14-10-7-9(5-6-11(10)15)8-17-13-4-2-1-3-12(13)16/h1-7,15-16H,8H2. The Morgan fingerprint density at radius 3 is 2.47 bits per heavy atom. The molecule has 88 valence electrons. The predicted octanol–water partition coefficient (Wildman–Crippen LogP) is 2.82. The van der Waals surface area contributed by atoms with Gasteiger partial charge in [0.25, 0.3) is 0 Å². The Kier molecular flexibility index (Phi) is 3.14. The molecule has 2 rings (SSSR count). The smallest absolute Gasteiger partial charge is 0.165 e. The van der Waals surface area contributed by atoms with Crippen molar-refractivity contribution in [3.05, 3.63) is 53.8 Å². The van der Waals surface area contributed by atoms with E-state index in [1.54, 1.807) is 24.3 Å². The number of hydrogen-bond donors (Lipinski definition) is 2. The molecule has 0 atom stereocenters. The van der Waals surface area contributed by atoms with E-state index in [-0.39, 0.29) is 12.4 Å². The van der Waals surface area contributed by atoms with E-state index in [0.29, 0.717) is 11.3 Å². The molecule has 0 aliphatic carbocycles. The van der Waals surface area contributed by atoms with Crippen LogP contribution in [0.5, 0.6) is 17.2 Å². The van der Waals surface area contributed by atoms with Gasteiger partial charge in [0, 0.05) is 0 Å². The minimum atomic E-state index is -0.691. The summed E-state index contributed by atoms with van der Waals surface area (Å²) in [6.07, 6.45) is 0. The number of rotatable bonds is 3. The molecule has 0 spiro atoms. The van der Waals surface area contributed by atoms with Crippen LogP contribution < -0.4 is 4.74 Å². The number of benzene rings is 2. The first-order valence-corrected chi connectivity index (χ1v) is 5.05. The number of phenols is 2. The summed E-state index contributed by atoms with van der Waals surface area (Å²) < 4.78 is 18.3. The van der Waals surface area contributed by atoms with E-state index in [9.17, 15) is 9.50 Å². The maximum absolute atomic E-state index is 13.0. The lowest BCUT2D eigenvalue weighted by molar-refractivity contribution is 0.288. The normalized spacial score (nSPS) is 10.2. The molecule has 2 aromatic carbocycles. The van der Waals surface area contributed by atoms with Gasteiger partial charge in [-0.1, -0.05) is 18.2 Å². The summed E-state index contributed by atoms with van der Waals surface area (Å²) in [6, 6.07) is 10.5. The van der Waals surface area contributed by atoms with Crippen molar-refractivity contribution in [2.45, 2.75) is 6.61 Å². The third-order valence-electron chi connectivity index (χ3n) is 2.27. The lowest BCUT2D eigenvalue weighted by atomic mass is 10.2. The summed E-state index contributed by atoms with van der Waals surface area (Å²) in [5.74, 6) is -0.715. The van der Waals surface area contributed by atoms with Crippen molar-refractivity contribution in [3.63, 3.8) is 0 Å². The molecule has 0 fully saturated rings. The first-order chi connectivity index (χ1) is 8.16. The number of aromatic hydroxyl groups is 2. The molecule has 0 unspecified atom stereocenters. The summed E-state index contributed by atoms with van der Waals surface area (Å²) in [6.45, 7) is 0.120. The van der Waals surface area contributed by atoms with E-state index >= 15 is 0 Å². The molecule has 3 nitrogen and oxygen atoms in total. The summed E-state index contributed by atoms with van der Waals surface area (Å²) >= 11 is 0. The highest BCUT2D eigenvalue weighted by molar-refractivity contribution is 5.38. The Labute approximate surface area is 97.7 Å². The fourth-order valence-corrected chi connectivity index (χ4v) is 1.38. The minimum absolute atomic E-state index is 0.0340. The van der Waals surface area contributed by atoms with Crippen molar-refractivity contribution < 1.29 is 19.3 Å². The topological polar surface area (TPSA) is 49.7 Å². The number of phenolic OH excluding ortho intramolecular Hbond substituents is 2. The molecule has 0 radical (unpaired) electrons. The number of hydrogen-bond acceptors (Lipinski definition) is 3. The molecule has 0 aromatic heterocycles. The van der Waals surface area contributed by atoms with Gasteiger partial charge in [-0.05, 0) is 29.8 Å². The lowest BCUT2D eigenvalue weighted by Crippen LogP contribution is -1.96. The lowest BCUT2D eigenvalue weighted by Gasteiger charge is -2.08. The van der Waals surface area contributed by atoms with Gasteiger partial charge in [0.2, 0.25) is 0 Å². The summed E-state index contributed by atoms with van der Waals surface area (Å²) in [5.41, 5.74) is 0.573. The van der Waals surface area contributed by atoms with E-state index in [2.05, 4.69) is 0 Å². The van der Waals surface area contributed by atoms with Gasteiger partial charge in [-0.25, -0.2) is 4.39 Å². The van der Waals surface area contributed by atoms with E-state index in [4.69, 9.17) is 9.84 Å². The molecule has 0 aliphatic rings. The van der Waals surface area contributed by atoms with Gasteiger partial charge in [0.15, 0.2) is 23.1 Å². The fourth-order valence-electron chi connectivity index (χ4n) is 1.38. The Morgan fingerprint density at radius 2 is 1.76 bits per heavy atom. The van der Waals surface area contributed by atoms with Gasteiger partial charge in [-0.2, -0.15) is 0 Å². The first kappa shape index (κ1) is 11.3. The van der Waals surface area contributed by atoms with Crippen LogP contribution >= 0.6 is 0 Å². The number of ether oxygens (including phenoxy) is 1. The first-order valence-electron chi connectivity index (χ1n) is 5.05. The molecule has 2 N–H and O–H groups in total. The summed E-state index contributed by atoms with van der Waals surface area (Å²) in [4.78, 5) is 0. The molecule has 0 amide bonds. The second-order valence-corrected chi connectivity index (χ2v) is 3.54. The van der Waals surface area contributed by atoms with Crippen LogP contribution in [0.3, 0.4) is 0 Å². The van der Waals surface area contributed by atoms with E-state index < -0.39 is 11.6 Å². The average Bonchev–Trinajstić information content (AvgIpc) is 2.32. The van der Waals surface area contributed by atoms with Crippen LogP contribution in [0, 0.1) is 5.82 Å². The van der Waals surface area contributed by atoms with Crippen LogP contribution in [0.15, 0.2) is 42.5 Å². The molecule has 0 saturated carbocycles. The van der Waals surface area contributed by atoms with E-state index in [0.717, 1.165) is 0 Å². The zero-order valence-corrected chi connectivity index (χ0v) is 8.93. The Bertz CT molecular complexity index is 526. The highest BCUT2D eigenvalue weighted by Gasteiger charge is 2.04. The van der Waals surface area contributed by atoms with Gasteiger partial charge >= 0.3 is 0 Å². The molecular weight excluding hydrogens is 223 g/mol. The molecule has 0 heterocycles. The maximum atomic E-state index is 13.0. The molecule has 0 bridgehead atoms. The van der Waals surface area contributed by atoms with Crippen LogP contribution in [0.2, 0.25) is 0 Å². The van der Waals surface area contributed by atoms with Gasteiger partial charge < -0.3 is 14.9 Å². The Hall–Kier alpha value is -2.23. The Morgan fingerprint density at radius 1 is 1.00 bits per heavy atom. The second kappa shape index (κ2) is 4.74. The second-order valence-electron chi connectivity index (χ2n) is 3.54. The van der Waals surface area contributed by atoms with Crippen molar-refractivity contribution in [3.8, 4) is 17.2 Å². The SMILES string of the molecule is Oc1ccc(COc2ccccc2O)cc1F. The predicted molar refractivity (Wildman–Crippen MR) is 60.5 cm³/mol. The van der Waals surface area contributed by atoms with Crippen LogP contribution in [-0.2, 0) is 6.61 Å². The van der Waals surface area contributed by atoms with Crippen LogP contribution in [0.4, 0.5) is 4.39 Å². The van der Waals surface area contributed by atoms with Crippen molar-refractivity contribution in [2.24, 2.45) is 0 Å². The Balaban J connectivity index is 2.08. The van der Waals surface area contributed by atoms with Crippen LogP contribution in [-0.4, -0.2) is 10.2 Å². The third-order valence-corrected chi connectivity index (χ3v) is 2.27. The quantitative estimate of drug-likeness (QED) is 0.858. The molecule has 2 aromatic rings. The minimum Gasteiger partial charge on any atom is -0.505 e. The van der Waals surface area contributed by atoms with Gasteiger partial charge in [0.1, 0.15) is 6.61 Å². The van der Waals surface area contributed by atoms with Crippen molar-refractivity contribution in [1.82, 2.24) is 0 Å². The summed E-state index contributed by atoms with van der Waals surface area (Å²) in [7, 11) is 0. The highest BCUT2D eigenvalue weighted by atomic mass is 19.1.